The summed E-state index contributed by atoms with van der Waals surface area (Å²) >= 11 is 0. The second kappa shape index (κ2) is 3.55. The van der Waals surface area contributed by atoms with Crippen molar-refractivity contribution in [1.29, 1.82) is 0 Å². The minimum atomic E-state index is 0.0135. The highest BCUT2D eigenvalue weighted by molar-refractivity contribution is 5.14. The van der Waals surface area contributed by atoms with Gasteiger partial charge in [-0.1, -0.05) is 19.8 Å². The lowest BCUT2D eigenvalue weighted by atomic mass is 9.88. The zero-order valence-electron chi connectivity index (χ0n) is 9.82. The van der Waals surface area contributed by atoms with Crippen LogP contribution < -0.4 is 0 Å². The van der Waals surface area contributed by atoms with Crippen LogP contribution in [0.2, 0.25) is 0 Å². The first kappa shape index (κ1) is 10.3. The van der Waals surface area contributed by atoms with E-state index < -0.39 is 0 Å². The van der Waals surface area contributed by atoms with Gasteiger partial charge in [-0.25, -0.2) is 0 Å². The topological polar surface area (TPSA) is 50.9 Å². The number of nitrogens with zero attached hydrogens (tertiary/aromatic N) is 3. The van der Waals surface area contributed by atoms with Gasteiger partial charge in [0.2, 0.25) is 0 Å². The zero-order chi connectivity index (χ0) is 11.2. The Balaban J connectivity index is 2.02. The Morgan fingerprint density at radius 3 is 2.56 bits per heavy atom. The number of aliphatic hydroxyl groups is 1. The van der Waals surface area contributed by atoms with Crippen LogP contribution >= 0.6 is 0 Å². The molecule has 88 valence electrons. The van der Waals surface area contributed by atoms with Crippen molar-refractivity contribution < 1.29 is 5.11 Å². The first-order valence-corrected chi connectivity index (χ1v) is 6.30. The van der Waals surface area contributed by atoms with E-state index in [1.807, 2.05) is 0 Å². The molecular formula is C12H19N3O. The van der Waals surface area contributed by atoms with Crippen LogP contribution in [0.5, 0.6) is 0 Å². The molecule has 0 aliphatic heterocycles. The Kier molecular flexibility index (Phi) is 2.28. The summed E-state index contributed by atoms with van der Waals surface area (Å²) in [6, 6.07) is 0.560. The Bertz CT molecular complexity index is 389. The molecule has 0 radical (unpaired) electrons. The average Bonchev–Trinajstić information content (AvgIpc) is 2.87. The molecule has 0 unspecified atom stereocenters. The molecule has 4 heteroatoms. The molecule has 0 spiro atoms. The fourth-order valence-electron chi connectivity index (χ4n) is 2.94. The minimum absolute atomic E-state index is 0.0135. The monoisotopic (exact) mass is 221 g/mol. The van der Waals surface area contributed by atoms with Crippen molar-refractivity contribution in [2.75, 3.05) is 0 Å². The van der Waals surface area contributed by atoms with Crippen molar-refractivity contribution in [3.05, 3.63) is 11.6 Å². The van der Waals surface area contributed by atoms with E-state index in [-0.39, 0.29) is 12.0 Å². The maximum Gasteiger partial charge on any atom is 0.159 e. The summed E-state index contributed by atoms with van der Waals surface area (Å²) < 4.78 is 2.21. The van der Waals surface area contributed by atoms with E-state index in [4.69, 9.17) is 0 Å². The molecule has 0 amide bonds. The van der Waals surface area contributed by atoms with Gasteiger partial charge in [-0.3, -0.25) is 0 Å². The van der Waals surface area contributed by atoms with Crippen LogP contribution in [0.4, 0.5) is 0 Å². The molecule has 2 aliphatic rings. The summed E-state index contributed by atoms with van der Waals surface area (Å²) in [7, 11) is 0. The first-order chi connectivity index (χ1) is 7.74. The molecule has 2 saturated carbocycles. The zero-order valence-corrected chi connectivity index (χ0v) is 9.82. The van der Waals surface area contributed by atoms with E-state index >= 15 is 0 Å². The van der Waals surface area contributed by atoms with Crippen LogP contribution in [0.3, 0.4) is 0 Å². The van der Waals surface area contributed by atoms with Crippen molar-refractivity contribution in [3.8, 4) is 0 Å². The highest BCUT2D eigenvalue weighted by atomic mass is 16.3. The lowest BCUT2D eigenvalue weighted by molar-refractivity contribution is 0.263. The van der Waals surface area contributed by atoms with Crippen LogP contribution in [0.15, 0.2) is 0 Å². The van der Waals surface area contributed by atoms with Crippen molar-refractivity contribution in [1.82, 2.24) is 14.8 Å². The second-order valence-electron chi connectivity index (χ2n) is 5.47. The molecule has 0 aromatic carbocycles. The maximum atomic E-state index is 9.31. The third kappa shape index (κ3) is 1.47. The highest BCUT2D eigenvalue weighted by Crippen LogP contribution is 2.44. The number of hydrogen-bond acceptors (Lipinski definition) is 3. The van der Waals surface area contributed by atoms with Crippen LogP contribution in [-0.4, -0.2) is 19.9 Å². The van der Waals surface area contributed by atoms with Gasteiger partial charge in [-0.05, 0) is 25.7 Å². The molecule has 1 heterocycles. The molecule has 0 atom stereocenters. The third-order valence-electron chi connectivity index (χ3n) is 4.07. The summed E-state index contributed by atoms with van der Waals surface area (Å²) in [6.07, 6.45) is 7.44. The normalized spacial score (nSPS) is 23.9. The van der Waals surface area contributed by atoms with Gasteiger partial charge in [0.05, 0.1) is 0 Å². The summed E-state index contributed by atoms with van der Waals surface area (Å²) in [5, 5.41) is 17.8. The highest BCUT2D eigenvalue weighted by Gasteiger charge is 2.39. The quantitative estimate of drug-likeness (QED) is 0.848. The van der Waals surface area contributed by atoms with Crippen molar-refractivity contribution in [2.24, 2.45) is 0 Å². The molecule has 0 bridgehead atoms. The number of aliphatic hydroxyl groups excluding tert-OH is 1. The smallest absolute Gasteiger partial charge is 0.159 e. The molecule has 1 N–H and O–H groups in total. The van der Waals surface area contributed by atoms with Gasteiger partial charge in [0, 0.05) is 11.5 Å². The molecule has 1 aromatic rings. The average molecular weight is 221 g/mol. The predicted octanol–water partition coefficient (Wildman–Crippen LogP) is 1.94. The van der Waals surface area contributed by atoms with Crippen molar-refractivity contribution in [2.45, 2.75) is 63.5 Å². The van der Waals surface area contributed by atoms with Gasteiger partial charge in [-0.15, -0.1) is 10.2 Å². The van der Waals surface area contributed by atoms with Gasteiger partial charge in [0.25, 0.3) is 0 Å². The van der Waals surface area contributed by atoms with Crippen LogP contribution in [0.25, 0.3) is 0 Å². The van der Waals surface area contributed by atoms with E-state index in [0.717, 1.165) is 11.6 Å². The van der Waals surface area contributed by atoms with Gasteiger partial charge in [-0.2, -0.15) is 0 Å². The summed E-state index contributed by atoms with van der Waals surface area (Å²) in [5.41, 5.74) is 0.197. The molecule has 4 nitrogen and oxygen atoms in total. The summed E-state index contributed by atoms with van der Waals surface area (Å²) in [5.74, 6) is 1.88. The Morgan fingerprint density at radius 1 is 1.31 bits per heavy atom. The maximum absolute atomic E-state index is 9.31. The van der Waals surface area contributed by atoms with E-state index in [9.17, 15) is 5.11 Å². The van der Waals surface area contributed by atoms with Crippen LogP contribution in [-0.2, 0) is 12.0 Å². The SMILES string of the molecule is CC1(c2nnc(CO)n2C2CC2)CCCC1. The third-order valence-corrected chi connectivity index (χ3v) is 4.07. The predicted molar refractivity (Wildman–Crippen MR) is 60.0 cm³/mol. The lowest BCUT2D eigenvalue weighted by Gasteiger charge is -2.23. The summed E-state index contributed by atoms with van der Waals surface area (Å²) in [6.45, 7) is 2.31. The van der Waals surface area contributed by atoms with Gasteiger partial charge in [0.15, 0.2) is 5.82 Å². The largest absolute Gasteiger partial charge is 0.388 e. The van der Waals surface area contributed by atoms with Gasteiger partial charge < -0.3 is 9.67 Å². The second-order valence-corrected chi connectivity index (χ2v) is 5.47. The standard InChI is InChI=1S/C12H19N3O/c1-12(6-2-3-7-12)11-14-13-10(8-16)15(11)9-4-5-9/h9,16H,2-8H2,1H3. The van der Waals surface area contributed by atoms with E-state index in [1.54, 1.807) is 0 Å². The van der Waals surface area contributed by atoms with Gasteiger partial charge in [0.1, 0.15) is 12.4 Å². The molecule has 2 fully saturated rings. The van der Waals surface area contributed by atoms with Crippen LogP contribution in [0, 0.1) is 0 Å². The Morgan fingerprint density at radius 2 is 2.00 bits per heavy atom. The van der Waals surface area contributed by atoms with Crippen molar-refractivity contribution >= 4 is 0 Å². The molecular weight excluding hydrogens is 202 g/mol. The number of rotatable bonds is 3. The van der Waals surface area contributed by atoms with E-state index in [0.29, 0.717) is 6.04 Å². The summed E-state index contributed by atoms with van der Waals surface area (Å²) in [4.78, 5) is 0. The molecule has 0 saturated heterocycles. The number of aromatic nitrogens is 3. The van der Waals surface area contributed by atoms with Gasteiger partial charge >= 0.3 is 0 Å². The van der Waals surface area contributed by atoms with Crippen LogP contribution in [0.1, 0.15) is 63.1 Å². The Labute approximate surface area is 95.7 Å². The van der Waals surface area contributed by atoms with E-state index in [2.05, 4.69) is 21.7 Å². The fraction of sp³-hybridized carbons (Fsp3) is 0.833. The number of hydrogen-bond donors (Lipinski definition) is 1. The first-order valence-electron chi connectivity index (χ1n) is 6.30. The Hall–Kier alpha value is -0.900. The lowest BCUT2D eigenvalue weighted by Crippen LogP contribution is -2.23. The molecule has 1 aromatic heterocycles. The molecule has 16 heavy (non-hydrogen) atoms. The van der Waals surface area contributed by atoms with E-state index in [1.165, 1.54) is 38.5 Å². The molecule has 2 aliphatic carbocycles. The minimum Gasteiger partial charge on any atom is -0.388 e. The van der Waals surface area contributed by atoms with Crippen molar-refractivity contribution in [3.63, 3.8) is 0 Å². The molecule has 3 rings (SSSR count). The fourth-order valence-corrected chi connectivity index (χ4v) is 2.94.